The van der Waals surface area contributed by atoms with E-state index in [0.717, 1.165) is 0 Å². The van der Waals surface area contributed by atoms with Crippen LogP contribution >= 0.6 is 0 Å². The van der Waals surface area contributed by atoms with Crippen molar-refractivity contribution in [3.05, 3.63) is 259 Å². The van der Waals surface area contributed by atoms with E-state index in [-0.39, 0.29) is 0 Å². The molecule has 0 saturated carbocycles. The van der Waals surface area contributed by atoms with Crippen molar-refractivity contribution in [2.45, 2.75) is 5.41 Å². The molecular weight excluding hydrogens is 988 g/mol. The SMILES string of the molecule is c1ccc2[c](c1)[Ge][c]1cccc(-c3cccc4c(-c5cccc6c5-c5ccccc5C65c6ccccc6-n6c7ccccc7c7cccc5c76)c5cccc(-c6ccc[c]7c6-c6cccc[c]6[Ge]7)c5cc34)c1-2. The third-order valence-corrected chi connectivity index (χ3v) is 22.5. The van der Waals surface area contributed by atoms with Gasteiger partial charge in [0.15, 0.2) is 0 Å². The van der Waals surface area contributed by atoms with E-state index in [4.69, 9.17) is 0 Å². The van der Waals surface area contributed by atoms with Crippen molar-refractivity contribution >= 4 is 91.8 Å². The van der Waals surface area contributed by atoms with E-state index in [1.165, 1.54) is 156 Å². The Hall–Kier alpha value is -7.95. The summed E-state index contributed by atoms with van der Waals surface area (Å²) in [5.41, 5.74) is 24.8. The maximum atomic E-state index is 2.57. The summed E-state index contributed by atoms with van der Waals surface area (Å²) in [6, 6.07) is 91.3. The fourth-order valence-electron chi connectivity index (χ4n) is 14.0. The van der Waals surface area contributed by atoms with Gasteiger partial charge in [-0.05, 0) is 12.1 Å². The van der Waals surface area contributed by atoms with Crippen LogP contribution in [0.2, 0.25) is 0 Å². The van der Waals surface area contributed by atoms with E-state index in [0.29, 0.717) is 0 Å². The van der Waals surface area contributed by atoms with E-state index in [9.17, 15) is 0 Å². The molecule has 1 unspecified atom stereocenters. The second-order valence-electron chi connectivity index (χ2n) is 19.9. The van der Waals surface area contributed by atoms with Gasteiger partial charge in [0.05, 0.1) is 16.7 Å². The van der Waals surface area contributed by atoms with Gasteiger partial charge in [0, 0.05) is 10.8 Å². The molecule has 3 heteroatoms. The molecule has 0 saturated heterocycles. The first-order chi connectivity index (χ1) is 35.8. The Morgan fingerprint density at radius 3 is 1.43 bits per heavy atom. The number of para-hydroxylation sites is 3. The van der Waals surface area contributed by atoms with Crippen LogP contribution in [0.15, 0.2) is 237 Å². The Bertz CT molecular complexity index is 4440. The fraction of sp³-hybridized carbons (Fsp3) is 0.0145. The van der Waals surface area contributed by atoms with Gasteiger partial charge in [-0.1, -0.05) is 60.7 Å². The van der Waals surface area contributed by atoms with Crippen molar-refractivity contribution < 1.29 is 0 Å². The van der Waals surface area contributed by atoms with Gasteiger partial charge in [0.25, 0.3) is 0 Å². The topological polar surface area (TPSA) is 4.93 Å². The van der Waals surface area contributed by atoms with Crippen LogP contribution in [0.1, 0.15) is 22.3 Å². The number of nitrogens with zero attached hydrogens (tertiary/aromatic N) is 1. The van der Waals surface area contributed by atoms with E-state index < -0.39 is 36.3 Å². The average Bonchev–Trinajstić information content (AvgIpc) is 4.19. The molecule has 1 nitrogen and oxygen atoms in total. The molecule has 1 spiro atoms. The maximum absolute atomic E-state index is 2.57. The number of hydrogen-bond donors (Lipinski definition) is 0. The van der Waals surface area contributed by atoms with Crippen molar-refractivity contribution in [3.63, 3.8) is 0 Å². The summed E-state index contributed by atoms with van der Waals surface area (Å²) < 4.78 is 8.66. The van der Waals surface area contributed by atoms with E-state index >= 15 is 0 Å². The predicted octanol–water partition coefficient (Wildman–Crippen LogP) is 14.0. The minimum absolute atomic E-state index is 0.442. The zero-order valence-corrected chi connectivity index (χ0v) is 43.2. The first-order valence-corrected chi connectivity index (χ1v) is 29.3. The van der Waals surface area contributed by atoms with Crippen LogP contribution in [-0.2, 0) is 5.41 Å². The Balaban J connectivity index is 1.02. The molecule has 72 heavy (non-hydrogen) atoms. The van der Waals surface area contributed by atoms with Gasteiger partial charge < -0.3 is 4.57 Å². The molecule has 17 rings (SSSR count). The van der Waals surface area contributed by atoms with Crippen molar-refractivity contribution in [2.24, 2.45) is 0 Å². The zero-order chi connectivity index (χ0) is 46.8. The molecule has 0 amide bonds. The van der Waals surface area contributed by atoms with Gasteiger partial charge in [-0.3, -0.25) is 0 Å². The van der Waals surface area contributed by atoms with Gasteiger partial charge in [0.1, 0.15) is 0 Å². The average molecular weight is 1030 g/mol. The third-order valence-electron chi connectivity index (χ3n) is 16.7. The number of benzene rings is 12. The van der Waals surface area contributed by atoms with Gasteiger partial charge in [0.2, 0.25) is 0 Å². The van der Waals surface area contributed by atoms with Crippen LogP contribution in [0.25, 0.3) is 116 Å². The van der Waals surface area contributed by atoms with Crippen molar-refractivity contribution in [1.82, 2.24) is 4.57 Å². The van der Waals surface area contributed by atoms with Crippen LogP contribution in [0, 0.1) is 0 Å². The van der Waals surface area contributed by atoms with E-state index in [1.54, 1.807) is 0 Å². The van der Waals surface area contributed by atoms with Crippen LogP contribution < -0.4 is 17.6 Å². The van der Waals surface area contributed by atoms with Gasteiger partial charge in [-0.25, -0.2) is 0 Å². The second kappa shape index (κ2) is 14.6. The molecular formula is C69H39Ge2N. The summed E-state index contributed by atoms with van der Waals surface area (Å²) in [7, 11) is 0. The summed E-state index contributed by atoms with van der Waals surface area (Å²) in [5, 5.41) is 7.75. The van der Waals surface area contributed by atoms with Crippen LogP contribution in [0.5, 0.6) is 0 Å². The second-order valence-corrected chi connectivity index (χ2v) is 25.5. The van der Waals surface area contributed by atoms with Crippen LogP contribution in [0.4, 0.5) is 0 Å². The van der Waals surface area contributed by atoms with Crippen molar-refractivity contribution in [2.75, 3.05) is 0 Å². The Labute approximate surface area is 430 Å². The number of rotatable bonds is 3. The Kier molecular flexibility index (Phi) is 8.04. The van der Waals surface area contributed by atoms with Gasteiger partial charge >= 0.3 is 328 Å². The number of aromatic nitrogens is 1. The Morgan fingerprint density at radius 1 is 0.264 bits per heavy atom. The van der Waals surface area contributed by atoms with Crippen molar-refractivity contribution in [1.29, 1.82) is 0 Å². The molecule has 1 aromatic heterocycles. The third kappa shape index (κ3) is 5.00. The molecule has 0 fully saturated rings. The zero-order valence-electron chi connectivity index (χ0n) is 39.0. The summed E-state index contributed by atoms with van der Waals surface area (Å²) >= 11 is -0.883. The molecule has 13 aromatic rings. The first kappa shape index (κ1) is 39.7. The molecule has 1 atom stereocenters. The molecule has 4 radical (unpaired) electrons. The molecule has 3 aliphatic heterocycles. The quantitative estimate of drug-likeness (QED) is 0.123. The molecule has 0 bridgehead atoms. The van der Waals surface area contributed by atoms with Gasteiger partial charge in [-0.2, -0.15) is 0 Å². The van der Waals surface area contributed by atoms with Crippen molar-refractivity contribution in [3.8, 4) is 72.4 Å². The summed E-state index contributed by atoms with van der Waals surface area (Å²) in [4.78, 5) is 0. The van der Waals surface area contributed by atoms with Crippen LogP contribution in [-0.4, -0.2) is 35.4 Å². The molecule has 4 heterocycles. The molecule has 328 valence electrons. The summed E-state index contributed by atoms with van der Waals surface area (Å²) in [6.07, 6.45) is 0. The number of hydrogen-bond acceptors (Lipinski definition) is 0. The Morgan fingerprint density at radius 2 is 0.722 bits per heavy atom. The van der Waals surface area contributed by atoms with E-state index in [1.807, 2.05) is 0 Å². The normalized spacial score (nSPS) is 15.2. The molecule has 4 aliphatic rings. The summed E-state index contributed by atoms with van der Waals surface area (Å²) in [5.74, 6) is 0. The van der Waals surface area contributed by atoms with Crippen LogP contribution in [0.3, 0.4) is 0 Å². The first-order valence-electron chi connectivity index (χ1n) is 25.1. The molecule has 12 aromatic carbocycles. The standard InChI is InChI=1S/C69H39Ge2N/c1-5-29-54-48(18-1)65-51(28-14-31-56(65)69(54)55-30-6-10-38-63(55)72-62-37-9-4-17-42(62)47-27-13-32-57(69)68(47)72)64-45-23-11-21-40(43-25-15-35-60-66(43)49-19-2-7-33-58(49)70-60)52(45)39-53-41(22-12-24-46(53)64)44-26-16-36-61-67(44)50-20-3-8-34-59(50)71-61/h1-39H. The molecule has 1 aliphatic carbocycles. The molecule has 0 N–H and O–H groups in total. The predicted molar refractivity (Wildman–Crippen MR) is 304 cm³/mol. The summed E-state index contributed by atoms with van der Waals surface area (Å²) in [6.45, 7) is 0. The fourth-order valence-corrected chi connectivity index (χ4v) is 19.8. The van der Waals surface area contributed by atoms with Gasteiger partial charge in [-0.15, -0.1) is 0 Å². The number of fused-ring (bicyclic) bond motifs is 20. The monoisotopic (exact) mass is 1030 g/mol. The minimum atomic E-state index is -0.553. The van der Waals surface area contributed by atoms with E-state index in [2.05, 4.69) is 241 Å².